The number of halogens is 1. The number of piperidine rings is 1. The van der Waals surface area contributed by atoms with E-state index in [0.29, 0.717) is 37.4 Å². The molecule has 3 rings (SSSR count). The highest BCUT2D eigenvalue weighted by atomic mass is 35.5. The van der Waals surface area contributed by atoms with Gasteiger partial charge in [0.25, 0.3) is 0 Å². The van der Waals surface area contributed by atoms with E-state index in [0.717, 1.165) is 5.56 Å². The average molecular weight is 465 g/mol. The van der Waals surface area contributed by atoms with Crippen molar-refractivity contribution in [1.29, 1.82) is 0 Å². The molecular weight excluding hydrogens is 428 g/mol. The highest BCUT2D eigenvalue weighted by Gasteiger charge is 2.50. The minimum absolute atomic E-state index is 0.0737. The topological polar surface area (TPSA) is 89.9 Å². The van der Waals surface area contributed by atoms with Crippen molar-refractivity contribution in [1.82, 2.24) is 10.2 Å². The molecule has 7 heteroatoms. The third-order valence-corrected chi connectivity index (χ3v) is 7.78. The van der Waals surface area contributed by atoms with E-state index in [2.05, 4.69) is 5.32 Å². The number of rotatable bonds is 5. The Hall–Kier alpha value is -1.63. The van der Waals surface area contributed by atoms with Crippen LogP contribution in [0, 0.1) is 23.2 Å². The first-order valence-electron chi connectivity index (χ1n) is 11.6. The second-order valence-corrected chi connectivity index (χ2v) is 11.1. The van der Waals surface area contributed by atoms with Gasteiger partial charge in [0.05, 0.1) is 11.7 Å². The third kappa shape index (κ3) is 4.82. The molecule has 32 heavy (non-hydrogen) atoms. The van der Waals surface area contributed by atoms with Gasteiger partial charge in [-0.05, 0) is 48.8 Å². The fourth-order valence-electron chi connectivity index (χ4n) is 5.19. The largest absolute Gasteiger partial charge is 0.393 e. The molecule has 1 aromatic rings. The number of hydrogen-bond donors (Lipinski definition) is 3. The summed E-state index contributed by atoms with van der Waals surface area (Å²) in [6.45, 7) is 10.5. The Kier molecular flexibility index (Phi) is 7.28. The summed E-state index contributed by atoms with van der Waals surface area (Å²) < 4.78 is 0. The smallest absolute Gasteiger partial charge is 0.245 e. The number of benzene rings is 1. The van der Waals surface area contributed by atoms with Gasteiger partial charge in [-0.25, -0.2) is 0 Å². The highest BCUT2D eigenvalue weighted by molar-refractivity contribution is 6.30. The minimum atomic E-state index is -1.08. The molecule has 2 amide bonds. The van der Waals surface area contributed by atoms with Crippen molar-refractivity contribution in [3.8, 4) is 0 Å². The minimum Gasteiger partial charge on any atom is -0.393 e. The molecule has 3 N–H and O–H groups in total. The SMILES string of the molecule is CC1CC(C(=O)N[C@@H](C(=O)N2CC[C@](O)(c3ccc(Cl)cc3)C(C)(C)C2)C(C)C)CC1O. The van der Waals surface area contributed by atoms with Crippen LogP contribution in [-0.2, 0) is 15.2 Å². The Balaban J connectivity index is 1.72. The van der Waals surface area contributed by atoms with Crippen molar-refractivity contribution in [2.75, 3.05) is 13.1 Å². The summed E-state index contributed by atoms with van der Waals surface area (Å²) in [6.07, 6.45) is 1.01. The Morgan fingerprint density at radius 1 is 1.19 bits per heavy atom. The maximum atomic E-state index is 13.5. The van der Waals surface area contributed by atoms with Crippen molar-refractivity contribution >= 4 is 23.4 Å². The van der Waals surface area contributed by atoms with Crippen LogP contribution in [-0.4, -0.2) is 52.2 Å². The summed E-state index contributed by atoms with van der Waals surface area (Å²) in [4.78, 5) is 28.1. The van der Waals surface area contributed by atoms with Crippen LogP contribution in [0.5, 0.6) is 0 Å². The summed E-state index contributed by atoms with van der Waals surface area (Å²) >= 11 is 6.02. The number of aliphatic hydroxyl groups excluding tert-OH is 1. The molecule has 2 aliphatic rings. The molecule has 1 saturated heterocycles. The molecule has 1 heterocycles. The molecule has 1 aromatic carbocycles. The second-order valence-electron chi connectivity index (χ2n) is 10.7. The van der Waals surface area contributed by atoms with E-state index in [-0.39, 0.29) is 29.6 Å². The van der Waals surface area contributed by atoms with E-state index in [4.69, 9.17) is 11.6 Å². The third-order valence-electron chi connectivity index (χ3n) is 7.52. The maximum Gasteiger partial charge on any atom is 0.245 e. The van der Waals surface area contributed by atoms with Crippen LogP contribution >= 0.6 is 11.6 Å². The average Bonchev–Trinajstić information content (AvgIpc) is 3.06. The number of aliphatic hydroxyl groups is 2. The number of nitrogens with one attached hydrogen (secondary N) is 1. The Labute approximate surface area is 196 Å². The van der Waals surface area contributed by atoms with Gasteiger partial charge in [-0.15, -0.1) is 0 Å². The van der Waals surface area contributed by atoms with E-state index in [1.807, 2.05) is 46.8 Å². The van der Waals surface area contributed by atoms with Crippen molar-refractivity contribution < 1.29 is 19.8 Å². The van der Waals surface area contributed by atoms with Crippen LogP contribution in [0.1, 0.15) is 59.4 Å². The number of nitrogens with zero attached hydrogens (tertiary/aromatic N) is 1. The molecule has 5 atom stereocenters. The molecule has 0 spiro atoms. The summed E-state index contributed by atoms with van der Waals surface area (Å²) in [5, 5.41) is 25.2. The maximum absolute atomic E-state index is 13.5. The second kappa shape index (κ2) is 9.32. The number of carbonyl (C=O) groups is 2. The van der Waals surface area contributed by atoms with Crippen molar-refractivity contribution in [2.24, 2.45) is 23.2 Å². The summed E-state index contributed by atoms with van der Waals surface area (Å²) in [5.74, 6) is -0.523. The van der Waals surface area contributed by atoms with Gasteiger partial charge in [0.15, 0.2) is 0 Å². The lowest BCUT2D eigenvalue weighted by atomic mass is 9.66. The predicted molar refractivity (Wildman–Crippen MR) is 125 cm³/mol. The lowest BCUT2D eigenvalue weighted by molar-refractivity contribution is -0.157. The van der Waals surface area contributed by atoms with E-state index in [1.165, 1.54) is 0 Å². The van der Waals surface area contributed by atoms with Crippen molar-refractivity contribution in [3.05, 3.63) is 34.9 Å². The zero-order valence-corrected chi connectivity index (χ0v) is 20.5. The molecule has 1 aliphatic carbocycles. The first-order valence-corrected chi connectivity index (χ1v) is 12.0. The number of likely N-dealkylation sites (tertiary alicyclic amines) is 1. The molecule has 3 unspecified atom stereocenters. The molecule has 1 aliphatic heterocycles. The van der Waals surface area contributed by atoms with E-state index < -0.39 is 23.2 Å². The van der Waals surface area contributed by atoms with Gasteiger partial charge >= 0.3 is 0 Å². The monoisotopic (exact) mass is 464 g/mol. The molecule has 0 aromatic heterocycles. The zero-order chi connectivity index (χ0) is 23.8. The van der Waals surface area contributed by atoms with Crippen molar-refractivity contribution in [3.63, 3.8) is 0 Å². The predicted octanol–water partition coefficient (Wildman–Crippen LogP) is 3.33. The molecule has 6 nitrogen and oxygen atoms in total. The fourth-order valence-corrected chi connectivity index (χ4v) is 5.32. The zero-order valence-electron chi connectivity index (χ0n) is 19.8. The molecule has 1 saturated carbocycles. The van der Waals surface area contributed by atoms with E-state index in [9.17, 15) is 19.8 Å². The molecular formula is C25H37ClN2O4. The van der Waals surface area contributed by atoms with Crippen LogP contribution in [0.15, 0.2) is 24.3 Å². The normalized spacial score (nSPS) is 30.9. The van der Waals surface area contributed by atoms with Crippen LogP contribution in [0.25, 0.3) is 0 Å². The molecule has 0 bridgehead atoms. The van der Waals surface area contributed by atoms with Gasteiger partial charge < -0.3 is 20.4 Å². The van der Waals surface area contributed by atoms with Gasteiger partial charge in [-0.1, -0.05) is 58.4 Å². The van der Waals surface area contributed by atoms with Crippen LogP contribution in [0.2, 0.25) is 5.02 Å². The van der Waals surface area contributed by atoms with Crippen LogP contribution in [0.4, 0.5) is 0 Å². The molecule has 0 radical (unpaired) electrons. The van der Waals surface area contributed by atoms with Crippen LogP contribution in [0.3, 0.4) is 0 Å². The lowest BCUT2D eigenvalue weighted by Crippen LogP contribution is -2.60. The Morgan fingerprint density at radius 2 is 1.81 bits per heavy atom. The quantitative estimate of drug-likeness (QED) is 0.623. The van der Waals surface area contributed by atoms with E-state index in [1.54, 1.807) is 17.0 Å². The first-order chi connectivity index (χ1) is 14.9. The van der Waals surface area contributed by atoms with Gasteiger partial charge in [0.2, 0.25) is 11.8 Å². The van der Waals surface area contributed by atoms with Gasteiger partial charge in [0.1, 0.15) is 6.04 Å². The standard InChI is InChI=1S/C25H37ClN2O4/c1-15(2)21(27-22(30)17-12-16(3)20(29)13-17)23(31)28-11-10-25(32,24(4,5)14-28)18-6-8-19(26)9-7-18/h6-9,15-17,20-21,29,32H,10-14H2,1-5H3,(H,27,30)/t16?,17?,20?,21-,25+/m1/s1. The number of amides is 2. The van der Waals surface area contributed by atoms with Crippen molar-refractivity contribution in [2.45, 2.75) is 71.6 Å². The van der Waals surface area contributed by atoms with Gasteiger partial charge in [-0.2, -0.15) is 0 Å². The van der Waals surface area contributed by atoms with Gasteiger partial charge in [-0.3, -0.25) is 9.59 Å². The summed E-state index contributed by atoms with van der Waals surface area (Å²) in [7, 11) is 0. The highest BCUT2D eigenvalue weighted by Crippen LogP contribution is 2.46. The fraction of sp³-hybridized carbons (Fsp3) is 0.680. The Bertz CT molecular complexity index is 831. The summed E-state index contributed by atoms with van der Waals surface area (Å²) in [6, 6.07) is 6.60. The van der Waals surface area contributed by atoms with Crippen LogP contribution < -0.4 is 5.32 Å². The Morgan fingerprint density at radius 3 is 2.31 bits per heavy atom. The first kappa shape index (κ1) is 25.0. The molecule has 2 fully saturated rings. The number of carbonyl (C=O) groups excluding carboxylic acids is 2. The molecule has 178 valence electrons. The summed E-state index contributed by atoms with van der Waals surface area (Å²) in [5.41, 5.74) is -0.881. The number of hydrogen-bond acceptors (Lipinski definition) is 4. The van der Waals surface area contributed by atoms with Gasteiger partial charge in [0, 0.05) is 29.4 Å². The van der Waals surface area contributed by atoms with E-state index >= 15 is 0 Å². The lowest BCUT2D eigenvalue weighted by Gasteiger charge is -2.51.